The number of nitrogens with one attached hydrogen (secondary N) is 1. The summed E-state index contributed by atoms with van der Waals surface area (Å²) in [6, 6.07) is 1.62. The molecule has 1 aromatic heterocycles. The molecule has 0 fully saturated rings. The third-order valence-electron chi connectivity index (χ3n) is 2.64. The van der Waals surface area contributed by atoms with Crippen molar-refractivity contribution in [2.45, 2.75) is 33.6 Å². The molecule has 1 rings (SSSR count). The molecule has 6 heteroatoms. The Hall–Kier alpha value is -1.85. The molecule has 6 nitrogen and oxygen atoms in total. The molecule has 0 radical (unpaired) electrons. The SMILES string of the molecule is Cc1cc(NC(=O)CN(C)C(=O)CCC(C)C)no1. The first kappa shape index (κ1) is 15.2. The lowest BCUT2D eigenvalue weighted by Gasteiger charge is -2.16. The first-order chi connectivity index (χ1) is 8.88. The van der Waals surface area contributed by atoms with Gasteiger partial charge >= 0.3 is 0 Å². The molecule has 0 saturated carbocycles. The number of hydrogen-bond acceptors (Lipinski definition) is 4. The first-order valence-electron chi connectivity index (χ1n) is 6.35. The second kappa shape index (κ2) is 6.92. The zero-order valence-electron chi connectivity index (χ0n) is 11.9. The standard InChI is InChI=1S/C13H21N3O3/c1-9(2)5-6-13(18)16(4)8-12(17)14-11-7-10(3)19-15-11/h7,9H,5-6,8H2,1-4H3,(H,14,15,17). The maximum Gasteiger partial charge on any atom is 0.245 e. The fourth-order valence-corrected chi connectivity index (χ4v) is 1.51. The topological polar surface area (TPSA) is 75.4 Å². The van der Waals surface area contributed by atoms with Crippen LogP contribution in [0, 0.1) is 12.8 Å². The van der Waals surface area contributed by atoms with Gasteiger partial charge in [0.1, 0.15) is 5.76 Å². The number of rotatable bonds is 6. The highest BCUT2D eigenvalue weighted by atomic mass is 16.5. The summed E-state index contributed by atoms with van der Waals surface area (Å²) in [5.74, 6) is 1.15. The highest BCUT2D eigenvalue weighted by Gasteiger charge is 2.14. The van der Waals surface area contributed by atoms with Crippen molar-refractivity contribution in [3.8, 4) is 0 Å². The summed E-state index contributed by atoms with van der Waals surface area (Å²) < 4.78 is 4.84. The molecule has 0 aromatic carbocycles. The summed E-state index contributed by atoms with van der Waals surface area (Å²) in [6.07, 6.45) is 1.29. The van der Waals surface area contributed by atoms with Crippen LogP contribution in [0.4, 0.5) is 5.82 Å². The van der Waals surface area contributed by atoms with Crippen molar-refractivity contribution in [1.82, 2.24) is 10.1 Å². The maximum atomic E-state index is 11.8. The number of hydrogen-bond donors (Lipinski definition) is 1. The molecule has 0 atom stereocenters. The van der Waals surface area contributed by atoms with Crippen LogP contribution in [0.2, 0.25) is 0 Å². The van der Waals surface area contributed by atoms with Crippen molar-refractivity contribution in [1.29, 1.82) is 0 Å². The fraction of sp³-hybridized carbons (Fsp3) is 0.615. The van der Waals surface area contributed by atoms with Gasteiger partial charge in [-0.05, 0) is 19.3 Å². The zero-order chi connectivity index (χ0) is 14.4. The molecule has 0 spiro atoms. The Morgan fingerprint density at radius 1 is 1.47 bits per heavy atom. The van der Waals surface area contributed by atoms with Gasteiger partial charge in [0.25, 0.3) is 0 Å². The van der Waals surface area contributed by atoms with Gasteiger partial charge in [0, 0.05) is 19.5 Å². The van der Waals surface area contributed by atoms with Gasteiger partial charge in [-0.15, -0.1) is 0 Å². The van der Waals surface area contributed by atoms with E-state index in [9.17, 15) is 9.59 Å². The predicted molar refractivity (Wildman–Crippen MR) is 71.6 cm³/mol. The molecule has 1 aromatic rings. The van der Waals surface area contributed by atoms with Crippen molar-refractivity contribution in [3.63, 3.8) is 0 Å². The van der Waals surface area contributed by atoms with E-state index in [-0.39, 0.29) is 18.4 Å². The summed E-state index contributed by atoms with van der Waals surface area (Å²) >= 11 is 0. The minimum Gasteiger partial charge on any atom is -0.360 e. The Kier molecular flexibility index (Phi) is 5.54. The van der Waals surface area contributed by atoms with Crippen molar-refractivity contribution in [3.05, 3.63) is 11.8 Å². The number of likely N-dealkylation sites (N-methyl/N-ethyl adjacent to an activating group) is 1. The monoisotopic (exact) mass is 267 g/mol. The van der Waals surface area contributed by atoms with Gasteiger partial charge in [-0.2, -0.15) is 0 Å². The number of anilines is 1. The van der Waals surface area contributed by atoms with Crippen LogP contribution in [0.25, 0.3) is 0 Å². The molecule has 0 bridgehead atoms. The van der Waals surface area contributed by atoms with E-state index in [2.05, 4.69) is 24.3 Å². The van der Waals surface area contributed by atoms with Crippen molar-refractivity contribution in [2.75, 3.05) is 18.9 Å². The largest absolute Gasteiger partial charge is 0.360 e. The molecular weight excluding hydrogens is 246 g/mol. The Balaban J connectivity index is 2.37. The summed E-state index contributed by atoms with van der Waals surface area (Å²) in [6.45, 7) is 5.88. The Morgan fingerprint density at radius 3 is 2.68 bits per heavy atom. The number of amides is 2. The number of nitrogens with zero attached hydrogens (tertiary/aromatic N) is 2. The van der Waals surface area contributed by atoms with Crippen LogP contribution < -0.4 is 5.32 Å². The number of carbonyl (C=O) groups excluding carboxylic acids is 2. The Morgan fingerprint density at radius 2 is 2.16 bits per heavy atom. The summed E-state index contributed by atoms with van der Waals surface area (Å²) in [5, 5.41) is 6.23. The van der Waals surface area contributed by atoms with Gasteiger partial charge in [0.2, 0.25) is 11.8 Å². The fourth-order valence-electron chi connectivity index (χ4n) is 1.51. The van der Waals surface area contributed by atoms with Gasteiger partial charge in [0.05, 0.1) is 6.54 Å². The number of carbonyl (C=O) groups is 2. The van der Waals surface area contributed by atoms with E-state index in [1.807, 2.05) is 0 Å². The second-order valence-corrected chi connectivity index (χ2v) is 5.05. The molecule has 2 amide bonds. The summed E-state index contributed by atoms with van der Waals surface area (Å²) in [4.78, 5) is 24.9. The van der Waals surface area contributed by atoms with Crippen molar-refractivity contribution >= 4 is 17.6 Å². The van der Waals surface area contributed by atoms with Crippen LogP contribution in [0.1, 0.15) is 32.4 Å². The van der Waals surface area contributed by atoms with Crippen molar-refractivity contribution in [2.24, 2.45) is 5.92 Å². The highest BCUT2D eigenvalue weighted by Crippen LogP contribution is 2.08. The van der Waals surface area contributed by atoms with Crippen LogP contribution in [-0.2, 0) is 9.59 Å². The quantitative estimate of drug-likeness (QED) is 0.853. The molecule has 0 unspecified atom stereocenters. The molecule has 19 heavy (non-hydrogen) atoms. The Labute approximate surface area is 113 Å². The highest BCUT2D eigenvalue weighted by molar-refractivity contribution is 5.93. The average Bonchev–Trinajstić information content (AvgIpc) is 2.71. The lowest BCUT2D eigenvalue weighted by Crippen LogP contribution is -2.35. The van der Waals surface area contributed by atoms with E-state index >= 15 is 0 Å². The van der Waals surface area contributed by atoms with E-state index in [1.54, 1.807) is 20.0 Å². The Bertz CT molecular complexity index is 440. The lowest BCUT2D eigenvalue weighted by atomic mass is 10.1. The van der Waals surface area contributed by atoms with Gasteiger partial charge < -0.3 is 14.7 Å². The minimum atomic E-state index is -0.284. The molecule has 1 heterocycles. The van der Waals surface area contributed by atoms with Crippen molar-refractivity contribution < 1.29 is 14.1 Å². The van der Waals surface area contributed by atoms with Gasteiger partial charge in [-0.25, -0.2) is 0 Å². The van der Waals surface area contributed by atoms with Crippen LogP contribution in [0.3, 0.4) is 0 Å². The number of aryl methyl sites for hydroxylation is 1. The lowest BCUT2D eigenvalue weighted by molar-refractivity contribution is -0.133. The maximum absolute atomic E-state index is 11.8. The molecule has 0 aliphatic carbocycles. The van der Waals surface area contributed by atoms with E-state index in [1.165, 1.54) is 4.90 Å². The molecule has 0 saturated heterocycles. The molecule has 106 valence electrons. The van der Waals surface area contributed by atoms with Gasteiger partial charge in [-0.3, -0.25) is 9.59 Å². The van der Waals surface area contributed by atoms with E-state index in [0.29, 0.717) is 23.9 Å². The predicted octanol–water partition coefficient (Wildman–Crippen LogP) is 1.82. The number of aromatic nitrogens is 1. The molecule has 0 aliphatic heterocycles. The average molecular weight is 267 g/mol. The minimum absolute atomic E-state index is 0.0167. The summed E-state index contributed by atoms with van der Waals surface area (Å²) in [7, 11) is 1.62. The third-order valence-corrected chi connectivity index (χ3v) is 2.64. The van der Waals surface area contributed by atoms with Crippen LogP contribution in [0.5, 0.6) is 0 Å². The zero-order valence-corrected chi connectivity index (χ0v) is 11.9. The molecular formula is C13H21N3O3. The second-order valence-electron chi connectivity index (χ2n) is 5.05. The van der Waals surface area contributed by atoms with E-state index in [0.717, 1.165) is 6.42 Å². The molecule has 0 aliphatic rings. The van der Waals surface area contributed by atoms with Crippen LogP contribution in [-0.4, -0.2) is 35.5 Å². The van der Waals surface area contributed by atoms with E-state index < -0.39 is 0 Å². The van der Waals surface area contributed by atoms with Crippen LogP contribution >= 0.6 is 0 Å². The smallest absolute Gasteiger partial charge is 0.245 e. The van der Waals surface area contributed by atoms with Gasteiger partial charge in [0.15, 0.2) is 5.82 Å². The summed E-state index contributed by atoms with van der Waals surface area (Å²) in [5.41, 5.74) is 0. The third kappa shape index (κ3) is 5.54. The van der Waals surface area contributed by atoms with E-state index in [4.69, 9.17) is 4.52 Å². The van der Waals surface area contributed by atoms with Crippen LogP contribution in [0.15, 0.2) is 10.6 Å². The van der Waals surface area contributed by atoms with Gasteiger partial charge in [-0.1, -0.05) is 19.0 Å². The normalized spacial score (nSPS) is 10.6. The molecule has 1 N–H and O–H groups in total. The first-order valence-corrected chi connectivity index (χ1v) is 6.35.